The molecule has 1 N–H and O–H groups in total. The molecule has 1 unspecified atom stereocenters. The Morgan fingerprint density at radius 3 is 2.53 bits per heavy atom. The second kappa shape index (κ2) is 4.49. The molecule has 1 atom stereocenters. The van der Waals surface area contributed by atoms with Crippen molar-refractivity contribution in [3.63, 3.8) is 0 Å². The van der Waals surface area contributed by atoms with Crippen LogP contribution in [0.25, 0.3) is 0 Å². The van der Waals surface area contributed by atoms with Crippen LogP contribution in [-0.2, 0) is 4.79 Å². The standard InChI is InChI=1S/C11H22N2O2/c1-9(8-14)7-12-6-5-10(15)13(12)11(2,3)4/h9,14H,5-8H2,1-4H3. The number of carbonyl (C=O) groups excluding carboxylic acids is 1. The third-order valence-electron chi connectivity index (χ3n) is 2.57. The van der Waals surface area contributed by atoms with Gasteiger partial charge in [0.05, 0.1) is 5.54 Å². The van der Waals surface area contributed by atoms with Crippen molar-refractivity contribution in [3.8, 4) is 0 Å². The Morgan fingerprint density at radius 1 is 1.47 bits per heavy atom. The van der Waals surface area contributed by atoms with Crippen LogP contribution >= 0.6 is 0 Å². The summed E-state index contributed by atoms with van der Waals surface area (Å²) in [7, 11) is 0. The number of rotatable bonds is 3. The SMILES string of the molecule is CC(CO)CN1CCC(=O)N1C(C)(C)C. The summed E-state index contributed by atoms with van der Waals surface area (Å²) >= 11 is 0. The van der Waals surface area contributed by atoms with E-state index in [2.05, 4.69) is 5.01 Å². The summed E-state index contributed by atoms with van der Waals surface area (Å²) in [5, 5.41) is 12.9. The first-order chi connectivity index (χ1) is 6.86. The van der Waals surface area contributed by atoms with Crippen LogP contribution in [0.15, 0.2) is 0 Å². The van der Waals surface area contributed by atoms with E-state index < -0.39 is 0 Å². The molecule has 0 radical (unpaired) electrons. The third kappa shape index (κ3) is 2.92. The van der Waals surface area contributed by atoms with E-state index in [1.165, 1.54) is 0 Å². The van der Waals surface area contributed by atoms with Crippen LogP contribution in [0.2, 0.25) is 0 Å². The monoisotopic (exact) mass is 214 g/mol. The van der Waals surface area contributed by atoms with Crippen LogP contribution in [0.1, 0.15) is 34.1 Å². The van der Waals surface area contributed by atoms with Crippen molar-refractivity contribution < 1.29 is 9.90 Å². The zero-order valence-corrected chi connectivity index (χ0v) is 10.2. The lowest BCUT2D eigenvalue weighted by atomic mass is 10.1. The molecule has 0 aromatic rings. The van der Waals surface area contributed by atoms with Crippen molar-refractivity contribution in [3.05, 3.63) is 0 Å². The highest BCUT2D eigenvalue weighted by atomic mass is 16.3. The van der Waals surface area contributed by atoms with Crippen LogP contribution in [-0.4, -0.2) is 46.3 Å². The van der Waals surface area contributed by atoms with E-state index in [1.54, 1.807) is 0 Å². The van der Waals surface area contributed by atoms with Gasteiger partial charge in [0.2, 0.25) is 5.91 Å². The molecule has 1 amide bonds. The molecule has 1 saturated heterocycles. The highest BCUT2D eigenvalue weighted by molar-refractivity contribution is 5.78. The summed E-state index contributed by atoms with van der Waals surface area (Å²) in [5.41, 5.74) is -0.164. The Labute approximate surface area is 91.8 Å². The van der Waals surface area contributed by atoms with Gasteiger partial charge in [-0.1, -0.05) is 6.92 Å². The lowest BCUT2D eigenvalue weighted by Crippen LogP contribution is -2.52. The van der Waals surface area contributed by atoms with E-state index >= 15 is 0 Å². The summed E-state index contributed by atoms with van der Waals surface area (Å²) in [6.45, 7) is 9.79. The van der Waals surface area contributed by atoms with E-state index in [-0.39, 0.29) is 24.0 Å². The van der Waals surface area contributed by atoms with Gasteiger partial charge >= 0.3 is 0 Å². The average Bonchev–Trinajstić information content (AvgIpc) is 2.46. The van der Waals surface area contributed by atoms with Gasteiger partial charge in [0.1, 0.15) is 0 Å². The lowest BCUT2D eigenvalue weighted by molar-refractivity contribution is -0.149. The molecule has 0 aromatic carbocycles. The van der Waals surface area contributed by atoms with Crippen molar-refractivity contribution in [2.24, 2.45) is 5.92 Å². The summed E-state index contributed by atoms with van der Waals surface area (Å²) in [4.78, 5) is 11.7. The topological polar surface area (TPSA) is 43.8 Å². The summed E-state index contributed by atoms with van der Waals surface area (Å²) in [5.74, 6) is 0.397. The van der Waals surface area contributed by atoms with Crippen LogP contribution in [0, 0.1) is 5.92 Å². The summed E-state index contributed by atoms with van der Waals surface area (Å²) < 4.78 is 0. The number of hydrazine groups is 1. The summed E-state index contributed by atoms with van der Waals surface area (Å²) in [6.07, 6.45) is 0.593. The molecule has 1 fully saturated rings. The number of hydrogen-bond donors (Lipinski definition) is 1. The fraction of sp³-hybridized carbons (Fsp3) is 0.909. The van der Waals surface area contributed by atoms with Crippen LogP contribution in [0.3, 0.4) is 0 Å². The molecule has 88 valence electrons. The molecular weight excluding hydrogens is 192 g/mol. The Bertz CT molecular complexity index is 235. The molecule has 0 aromatic heterocycles. The van der Waals surface area contributed by atoms with Crippen molar-refractivity contribution in [1.82, 2.24) is 10.0 Å². The number of aliphatic hydroxyl groups is 1. The zero-order valence-electron chi connectivity index (χ0n) is 10.2. The molecule has 1 rings (SSSR count). The van der Waals surface area contributed by atoms with Gasteiger partial charge in [-0.2, -0.15) is 0 Å². The highest BCUT2D eigenvalue weighted by Crippen LogP contribution is 2.24. The van der Waals surface area contributed by atoms with Crippen LogP contribution in [0.5, 0.6) is 0 Å². The number of amides is 1. The molecule has 0 bridgehead atoms. The van der Waals surface area contributed by atoms with Gasteiger partial charge < -0.3 is 5.11 Å². The smallest absolute Gasteiger partial charge is 0.238 e. The maximum Gasteiger partial charge on any atom is 0.238 e. The van der Waals surface area contributed by atoms with E-state index in [9.17, 15) is 4.79 Å². The summed E-state index contributed by atoms with van der Waals surface area (Å²) in [6, 6.07) is 0. The van der Waals surface area contributed by atoms with Gasteiger partial charge in [0.15, 0.2) is 0 Å². The molecule has 1 heterocycles. The number of aliphatic hydroxyl groups excluding tert-OH is 1. The second-order valence-electron chi connectivity index (χ2n) is 5.33. The maximum absolute atomic E-state index is 11.7. The third-order valence-corrected chi connectivity index (χ3v) is 2.57. The highest BCUT2D eigenvalue weighted by Gasteiger charge is 2.37. The first-order valence-corrected chi connectivity index (χ1v) is 5.55. The first kappa shape index (κ1) is 12.5. The van der Waals surface area contributed by atoms with Crippen LogP contribution < -0.4 is 0 Å². The normalized spacial score (nSPS) is 21.1. The van der Waals surface area contributed by atoms with E-state index in [1.807, 2.05) is 32.7 Å². The van der Waals surface area contributed by atoms with Gasteiger partial charge in [-0.15, -0.1) is 0 Å². The number of nitrogens with zero attached hydrogens (tertiary/aromatic N) is 2. The average molecular weight is 214 g/mol. The quantitative estimate of drug-likeness (QED) is 0.758. The first-order valence-electron chi connectivity index (χ1n) is 5.55. The predicted octanol–water partition coefficient (Wildman–Crippen LogP) is 0.863. The molecule has 15 heavy (non-hydrogen) atoms. The fourth-order valence-electron chi connectivity index (χ4n) is 1.98. The Kier molecular flexibility index (Phi) is 3.73. The number of hydrogen-bond acceptors (Lipinski definition) is 3. The molecule has 4 nitrogen and oxygen atoms in total. The van der Waals surface area contributed by atoms with E-state index in [4.69, 9.17) is 5.11 Å². The van der Waals surface area contributed by atoms with Crippen molar-refractivity contribution in [2.75, 3.05) is 19.7 Å². The van der Waals surface area contributed by atoms with Crippen LogP contribution in [0.4, 0.5) is 0 Å². The van der Waals surface area contributed by atoms with Crippen molar-refractivity contribution >= 4 is 5.91 Å². The minimum absolute atomic E-state index is 0.164. The molecular formula is C11H22N2O2. The van der Waals surface area contributed by atoms with E-state index in [0.29, 0.717) is 6.42 Å². The molecule has 0 spiro atoms. The maximum atomic E-state index is 11.7. The zero-order chi connectivity index (χ0) is 11.6. The van der Waals surface area contributed by atoms with Gasteiger partial charge in [-0.25, -0.2) is 5.01 Å². The van der Waals surface area contributed by atoms with E-state index in [0.717, 1.165) is 13.1 Å². The van der Waals surface area contributed by atoms with Gasteiger partial charge in [0, 0.05) is 26.1 Å². The van der Waals surface area contributed by atoms with Gasteiger partial charge in [-0.05, 0) is 26.7 Å². The Balaban J connectivity index is 2.68. The minimum Gasteiger partial charge on any atom is -0.396 e. The van der Waals surface area contributed by atoms with Crippen molar-refractivity contribution in [1.29, 1.82) is 0 Å². The van der Waals surface area contributed by atoms with Gasteiger partial charge in [-0.3, -0.25) is 9.80 Å². The number of carbonyl (C=O) groups is 1. The molecule has 1 aliphatic heterocycles. The van der Waals surface area contributed by atoms with Crippen molar-refractivity contribution in [2.45, 2.75) is 39.7 Å². The molecule has 1 aliphatic rings. The Morgan fingerprint density at radius 2 is 2.07 bits per heavy atom. The Hall–Kier alpha value is -0.610. The molecule has 0 aliphatic carbocycles. The second-order valence-corrected chi connectivity index (χ2v) is 5.33. The largest absolute Gasteiger partial charge is 0.396 e. The fourth-order valence-corrected chi connectivity index (χ4v) is 1.98. The lowest BCUT2D eigenvalue weighted by Gasteiger charge is -2.39. The predicted molar refractivity (Wildman–Crippen MR) is 59.0 cm³/mol. The minimum atomic E-state index is -0.164. The molecule has 4 heteroatoms. The van der Waals surface area contributed by atoms with Gasteiger partial charge in [0.25, 0.3) is 0 Å². The molecule has 0 saturated carbocycles.